The first-order chi connectivity index (χ1) is 31.9. The number of halogens is 1. The van der Waals surface area contributed by atoms with Crippen LogP contribution < -0.4 is 14.7 Å². The van der Waals surface area contributed by atoms with Crippen molar-refractivity contribution in [2.45, 2.75) is 52.4 Å². The lowest BCUT2D eigenvalue weighted by Crippen LogP contribution is -2.17. The minimum Gasteiger partial charge on any atom is -0.310 e. The third kappa shape index (κ3) is 9.47. The van der Waals surface area contributed by atoms with Crippen molar-refractivity contribution < 1.29 is 0 Å². The predicted octanol–water partition coefficient (Wildman–Crippen LogP) is 18.8. The van der Waals surface area contributed by atoms with Gasteiger partial charge in [-0.25, -0.2) is 0 Å². The molecule has 0 aromatic heterocycles. The number of nitrogens with zero attached hydrogens (tertiary/aromatic N) is 3. The van der Waals surface area contributed by atoms with E-state index in [0.717, 1.165) is 77.9 Å². The van der Waals surface area contributed by atoms with Crippen LogP contribution >= 0.6 is 15.9 Å². The SMILES string of the molecule is CC(C)(C)c1ccc(-c2ccccc2N(c2ccccc2)c2cc(N(c3ccccc3)c3cccc(Br)c3)cc(N(c3ccccc3)c3ccccc3-c3ccc(C(C)(C)C)cc3)c2)cc1. The Labute approximate surface area is 400 Å². The molecule has 0 aliphatic carbocycles. The summed E-state index contributed by atoms with van der Waals surface area (Å²) in [7, 11) is 0. The van der Waals surface area contributed by atoms with Crippen LogP contribution in [0, 0.1) is 0 Å². The molecule has 0 aliphatic heterocycles. The van der Waals surface area contributed by atoms with Crippen molar-refractivity contribution in [3.63, 3.8) is 0 Å². The van der Waals surface area contributed by atoms with Gasteiger partial charge >= 0.3 is 0 Å². The average molecular weight is 923 g/mol. The Hall–Kier alpha value is -7.14. The van der Waals surface area contributed by atoms with Crippen LogP contribution in [-0.4, -0.2) is 0 Å². The summed E-state index contributed by atoms with van der Waals surface area (Å²) in [6, 6.07) is 83.6. The summed E-state index contributed by atoms with van der Waals surface area (Å²) in [5, 5.41) is 0. The normalized spacial score (nSPS) is 11.6. The smallest absolute Gasteiger partial charge is 0.0540 e. The highest BCUT2D eigenvalue weighted by molar-refractivity contribution is 9.10. The Morgan fingerprint density at radius 3 is 1.00 bits per heavy atom. The molecular formula is C62H56BrN3. The molecule has 66 heavy (non-hydrogen) atoms. The second kappa shape index (κ2) is 18.8. The van der Waals surface area contributed by atoms with Gasteiger partial charge in [0.25, 0.3) is 0 Å². The lowest BCUT2D eigenvalue weighted by atomic mass is 9.86. The molecule has 9 aromatic carbocycles. The van der Waals surface area contributed by atoms with Gasteiger partial charge in [-0.2, -0.15) is 0 Å². The van der Waals surface area contributed by atoms with E-state index in [0.29, 0.717) is 0 Å². The van der Waals surface area contributed by atoms with E-state index in [1.807, 2.05) is 0 Å². The summed E-state index contributed by atoms with van der Waals surface area (Å²) in [6.07, 6.45) is 0. The van der Waals surface area contributed by atoms with E-state index < -0.39 is 0 Å². The number of rotatable bonds is 11. The van der Waals surface area contributed by atoms with Crippen LogP contribution in [0.1, 0.15) is 52.7 Å². The zero-order valence-electron chi connectivity index (χ0n) is 38.7. The van der Waals surface area contributed by atoms with Crippen molar-refractivity contribution in [1.29, 1.82) is 0 Å². The highest BCUT2D eigenvalue weighted by Gasteiger charge is 2.25. The van der Waals surface area contributed by atoms with Crippen molar-refractivity contribution in [3.8, 4) is 22.3 Å². The van der Waals surface area contributed by atoms with Gasteiger partial charge in [-0.05, 0) is 118 Å². The van der Waals surface area contributed by atoms with Crippen molar-refractivity contribution >= 4 is 67.1 Å². The molecule has 0 saturated heterocycles. The lowest BCUT2D eigenvalue weighted by Gasteiger charge is -2.34. The average Bonchev–Trinajstić information content (AvgIpc) is 3.33. The molecule has 0 N–H and O–H groups in total. The predicted molar refractivity (Wildman–Crippen MR) is 286 cm³/mol. The highest BCUT2D eigenvalue weighted by Crippen LogP contribution is 2.49. The maximum Gasteiger partial charge on any atom is 0.0540 e. The van der Waals surface area contributed by atoms with Crippen LogP contribution in [0.4, 0.5) is 51.2 Å². The first-order valence-electron chi connectivity index (χ1n) is 22.8. The van der Waals surface area contributed by atoms with Gasteiger partial charge in [0, 0.05) is 38.3 Å². The highest BCUT2D eigenvalue weighted by atomic mass is 79.9. The van der Waals surface area contributed by atoms with E-state index in [9.17, 15) is 0 Å². The van der Waals surface area contributed by atoms with Crippen LogP contribution in [0.3, 0.4) is 0 Å². The summed E-state index contributed by atoms with van der Waals surface area (Å²) in [6.45, 7) is 13.6. The molecule has 0 unspecified atom stereocenters. The summed E-state index contributed by atoms with van der Waals surface area (Å²) < 4.78 is 1.01. The zero-order valence-corrected chi connectivity index (χ0v) is 40.2. The standard InChI is InChI=1S/C62H56BrN3/c1-61(2,3)47-37-33-45(34-38-47)57-29-16-18-31-59(57)65(51-24-12-8-13-25-51)55-42-54(64(50-22-10-7-11-23-50)53-28-20-21-49(63)41-53)43-56(44-55)66(52-26-14-9-15-27-52)60-32-19-17-30-58(60)46-35-39-48(40-36-46)62(4,5)6/h7-44H,1-6H3. The molecule has 4 heteroatoms. The minimum absolute atomic E-state index is 0.0447. The largest absolute Gasteiger partial charge is 0.310 e. The number of hydrogen-bond donors (Lipinski definition) is 0. The summed E-state index contributed by atoms with van der Waals surface area (Å²) >= 11 is 3.82. The Morgan fingerprint density at radius 1 is 0.288 bits per heavy atom. The molecule has 9 aromatic rings. The summed E-state index contributed by atoms with van der Waals surface area (Å²) in [5.74, 6) is 0. The van der Waals surface area contributed by atoms with E-state index in [-0.39, 0.29) is 10.8 Å². The first-order valence-corrected chi connectivity index (χ1v) is 23.6. The first kappa shape index (κ1) is 44.1. The molecule has 0 bridgehead atoms. The molecule has 0 spiro atoms. The van der Waals surface area contributed by atoms with E-state index >= 15 is 0 Å². The molecule has 0 aliphatic rings. The molecule has 0 fully saturated rings. The summed E-state index contributed by atoms with van der Waals surface area (Å²) in [4.78, 5) is 7.20. The second-order valence-electron chi connectivity index (χ2n) is 18.9. The van der Waals surface area contributed by atoms with Gasteiger partial charge in [0.2, 0.25) is 0 Å². The Balaban J connectivity index is 1.34. The molecule has 0 radical (unpaired) electrons. The summed E-state index contributed by atoms with van der Waals surface area (Å²) in [5.41, 5.74) is 16.7. The number of anilines is 9. The molecule has 3 nitrogen and oxygen atoms in total. The van der Waals surface area contributed by atoms with E-state index in [1.165, 1.54) is 11.1 Å². The fraction of sp³-hybridized carbons (Fsp3) is 0.129. The van der Waals surface area contributed by atoms with Gasteiger partial charge in [0.15, 0.2) is 0 Å². The van der Waals surface area contributed by atoms with Crippen molar-refractivity contribution in [1.82, 2.24) is 0 Å². The van der Waals surface area contributed by atoms with Gasteiger partial charge in [-0.15, -0.1) is 0 Å². The van der Waals surface area contributed by atoms with Crippen LogP contribution in [-0.2, 0) is 10.8 Å². The third-order valence-electron chi connectivity index (χ3n) is 12.2. The Morgan fingerprint density at radius 2 is 0.621 bits per heavy atom. The molecular weight excluding hydrogens is 867 g/mol. The number of para-hydroxylation sites is 5. The molecule has 0 amide bonds. The van der Waals surface area contributed by atoms with Gasteiger partial charge < -0.3 is 14.7 Å². The second-order valence-corrected chi connectivity index (χ2v) is 19.8. The van der Waals surface area contributed by atoms with Gasteiger partial charge in [0.1, 0.15) is 0 Å². The Bertz CT molecular complexity index is 2880. The minimum atomic E-state index is 0.0447. The lowest BCUT2D eigenvalue weighted by molar-refractivity contribution is 0.590. The van der Waals surface area contributed by atoms with Crippen molar-refractivity contribution in [2.24, 2.45) is 0 Å². The molecule has 326 valence electrons. The van der Waals surface area contributed by atoms with E-state index in [1.54, 1.807) is 0 Å². The number of benzene rings is 9. The van der Waals surface area contributed by atoms with Crippen LogP contribution in [0.25, 0.3) is 22.3 Å². The maximum atomic E-state index is 3.82. The van der Waals surface area contributed by atoms with Gasteiger partial charge in [-0.1, -0.05) is 203 Å². The quantitative estimate of drug-likeness (QED) is 0.128. The van der Waals surface area contributed by atoms with Crippen LogP contribution in [0.2, 0.25) is 0 Å². The Kier molecular flexibility index (Phi) is 12.5. The fourth-order valence-electron chi connectivity index (χ4n) is 8.74. The molecule has 0 saturated carbocycles. The number of hydrogen-bond acceptors (Lipinski definition) is 3. The molecule has 0 heterocycles. The fourth-order valence-corrected chi connectivity index (χ4v) is 9.13. The monoisotopic (exact) mass is 921 g/mol. The molecule has 0 atom stereocenters. The van der Waals surface area contributed by atoms with E-state index in [4.69, 9.17) is 0 Å². The van der Waals surface area contributed by atoms with E-state index in [2.05, 4.69) is 303 Å². The van der Waals surface area contributed by atoms with Crippen molar-refractivity contribution in [2.75, 3.05) is 14.7 Å². The maximum absolute atomic E-state index is 3.82. The third-order valence-corrected chi connectivity index (χ3v) is 12.7. The van der Waals surface area contributed by atoms with Crippen molar-refractivity contribution in [3.05, 3.63) is 246 Å². The van der Waals surface area contributed by atoms with Gasteiger partial charge in [-0.3, -0.25) is 0 Å². The molecule has 9 rings (SSSR count). The zero-order chi connectivity index (χ0) is 45.8. The van der Waals surface area contributed by atoms with Gasteiger partial charge in [0.05, 0.1) is 28.4 Å². The van der Waals surface area contributed by atoms with Crippen LogP contribution in [0.15, 0.2) is 235 Å². The topological polar surface area (TPSA) is 9.72 Å². The van der Waals surface area contributed by atoms with Crippen LogP contribution in [0.5, 0.6) is 0 Å².